The third kappa shape index (κ3) is 5.51. The summed E-state index contributed by atoms with van der Waals surface area (Å²) in [6.07, 6.45) is 1.58. The van der Waals surface area contributed by atoms with Gasteiger partial charge < -0.3 is 14.2 Å². The minimum absolute atomic E-state index is 0.0177. The molecule has 3 aromatic rings. The van der Waals surface area contributed by atoms with E-state index in [-0.39, 0.29) is 17.3 Å². The van der Waals surface area contributed by atoms with Gasteiger partial charge in [-0.15, -0.1) is 0 Å². The number of aliphatic imine (C=N–C) groups is 1. The molecule has 1 aliphatic heterocycles. The third-order valence-corrected chi connectivity index (χ3v) is 6.13. The average molecular weight is 584 g/mol. The van der Waals surface area contributed by atoms with Crippen molar-refractivity contribution in [1.82, 2.24) is 0 Å². The summed E-state index contributed by atoms with van der Waals surface area (Å²) in [7, 11) is 1.55. The molecular formula is C26H21IN2O6. The number of benzene rings is 3. The lowest BCUT2D eigenvalue weighted by atomic mass is 10.1. The van der Waals surface area contributed by atoms with Gasteiger partial charge >= 0.3 is 5.97 Å². The normalized spacial score (nSPS) is 14.0. The van der Waals surface area contributed by atoms with Crippen molar-refractivity contribution >= 4 is 46.2 Å². The van der Waals surface area contributed by atoms with E-state index in [0.29, 0.717) is 34.8 Å². The molecule has 0 aliphatic carbocycles. The molecular weight excluding hydrogens is 563 g/mol. The van der Waals surface area contributed by atoms with Crippen LogP contribution in [0.3, 0.4) is 0 Å². The van der Waals surface area contributed by atoms with Gasteiger partial charge in [-0.3, -0.25) is 10.1 Å². The maximum absolute atomic E-state index is 12.4. The number of methoxy groups -OCH3 is 1. The molecule has 0 fully saturated rings. The number of ether oxygens (including phenoxy) is 3. The highest BCUT2D eigenvalue weighted by atomic mass is 127. The first-order valence-electron chi connectivity index (χ1n) is 10.6. The molecule has 178 valence electrons. The van der Waals surface area contributed by atoms with Gasteiger partial charge in [0.25, 0.3) is 5.69 Å². The Kier molecular flexibility index (Phi) is 7.15. The van der Waals surface area contributed by atoms with Crippen molar-refractivity contribution in [2.45, 2.75) is 20.5 Å². The van der Waals surface area contributed by atoms with Gasteiger partial charge in [0.15, 0.2) is 17.2 Å². The van der Waals surface area contributed by atoms with Gasteiger partial charge in [0, 0.05) is 17.2 Å². The zero-order valence-corrected chi connectivity index (χ0v) is 21.4. The maximum atomic E-state index is 12.4. The van der Waals surface area contributed by atoms with Crippen LogP contribution in [0.4, 0.5) is 5.69 Å². The van der Waals surface area contributed by atoms with Gasteiger partial charge in [-0.25, -0.2) is 9.79 Å². The third-order valence-electron chi connectivity index (χ3n) is 5.33. The van der Waals surface area contributed by atoms with Crippen LogP contribution in [0.1, 0.15) is 27.8 Å². The first kappa shape index (κ1) is 24.4. The summed E-state index contributed by atoms with van der Waals surface area (Å²) < 4.78 is 17.6. The Morgan fingerprint density at radius 1 is 1.11 bits per heavy atom. The molecule has 0 spiro atoms. The Hall–Kier alpha value is -3.73. The predicted octanol–water partition coefficient (Wildman–Crippen LogP) is 5.75. The highest BCUT2D eigenvalue weighted by Gasteiger charge is 2.26. The van der Waals surface area contributed by atoms with Crippen LogP contribution in [-0.4, -0.2) is 23.9 Å². The summed E-state index contributed by atoms with van der Waals surface area (Å²) >= 11 is 2.15. The number of carbonyl (C=O) groups is 1. The number of halogens is 1. The molecule has 1 heterocycles. The molecule has 0 N–H and O–H groups in total. The number of nitro benzene ring substituents is 1. The van der Waals surface area contributed by atoms with Gasteiger partial charge in [0.05, 0.1) is 15.6 Å². The number of nitro groups is 1. The summed E-state index contributed by atoms with van der Waals surface area (Å²) in [5, 5.41) is 11.2. The molecule has 0 unspecified atom stereocenters. The number of rotatable bonds is 7. The fourth-order valence-electron chi connectivity index (χ4n) is 3.43. The van der Waals surface area contributed by atoms with E-state index in [1.165, 1.54) is 11.6 Å². The van der Waals surface area contributed by atoms with Crippen molar-refractivity contribution in [2.75, 3.05) is 7.11 Å². The average Bonchev–Trinajstić information content (AvgIpc) is 3.19. The van der Waals surface area contributed by atoms with Gasteiger partial charge in [0.1, 0.15) is 6.61 Å². The van der Waals surface area contributed by atoms with Crippen LogP contribution >= 0.6 is 22.6 Å². The second kappa shape index (κ2) is 10.3. The molecule has 9 heteroatoms. The van der Waals surface area contributed by atoms with Gasteiger partial charge in [0.2, 0.25) is 5.90 Å². The van der Waals surface area contributed by atoms with Gasteiger partial charge in [-0.2, -0.15) is 0 Å². The zero-order chi connectivity index (χ0) is 25.1. The van der Waals surface area contributed by atoms with Crippen LogP contribution < -0.4 is 9.47 Å². The summed E-state index contributed by atoms with van der Waals surface area (Å²) in [5.41, 5.74) is 3.74. The predicted molar refractivity (Wildman–Crippen MR) is 140 cm³/mol. The molecule has 3 aromatic carbocycles. The van der Waals surface area contributed by atoms with E-state index in [1.807, 2.05) is 37.3 Å². The van der Waals surface area contributed by atoms with E-state index in [0.717, 1.165) is 9.13 Å². The Labute approximate surface area is 215 Å². The summed E-state index contributed by atoms with van der Waals surface area (Å²) in [6, 6.07) is 16.2. The number of nitrogens with zero attached hydrogens (tertiary/aromatic N) is 2. The molecule has 1 aliphatic rings. The Balaban J connectivity index is 1.60. The molecule has 8 nitrogen and oxygen atoms in total. The summed E-state index contributed by atoms with van der Waals surface area (Å²) in [6.45, 7) is 4.05. The van der Waals surface area contributed by atoms with Crippen LogP contribution in [0.15, 0.2) is 65.3 Å². The van der Waals surface area contributed by atoms with Crippen LogP contribution in [-0.2, 0) is 16.1 Å². The number of hydrogen-bond donors (Lipinski definition) is 0. The Bertz CT molecular complexity index is 1380. The number of carbonyl (C=O) groups excluding carboxylic acids is 1. The monoisotopic (exact) mass is 584 g/mol. The molecule has 0 bridgehead atoms. The fraction of sp³-hybridized carbons (Fsp3) is 0.154. The SMILES string of the molecule is COc1cc(/C=C2\N=C(c3ccc(C)c([N+](=O)[O-])c3)OC2=O)cc(I)c1OCc1ccc(C)cc1. The molecule has 0 atom stereocenters. The van der Waals surface area contributed by atoms with Crippen molar-refractivity contribution in [3.8, 4) is 11.5 Å². The largest absolute Gasteiger partial charge is 0.493 e. The smallest absolute Gasteiger partial charge is 0.363 e. The Morgan fingerprint density at radius 3 is 2.54 bits per heavy atom. The lowest BCUT2D eigenvalue weighted by molar-refractivity contribution is -0.385. The van der Waals surface area contributed by atoms with Crippen molar-refractivity contribution in [3.63, 3.8) is 0 Å². The van der Waals surface area contributed by atoms with Gasteiger partial charge in [-0.1, -0.05) is 35.9 Å². The standard InChI is InChI=1S/C26H21IN2O6/c1-15-4-7-17(8-5-15)14-34-24-20(27)10-18(12-23(24)33-3)11-21-26(30)35-25(28-21)19-9-6-16(2)22(13-19)29(31)32/h4-13H,14H2,1-3H3/b21-11-. The van der Waals surface area contributed by atoms with Crippen molar-refractivity contribution in [1.29, 1.82) is 0 Å². The van der Waals surface area contributed by atoms with E-state index < -0.39 is 10.9 Å². The summed E-state index contributed by atoms with van der Waals surface area (Å²) in [4.78, 5) is 27.5. The number of cyclic esters (lactones) is 1. The molecule has 35 heavy (non-hydrogen) atoms. The van der Waals surface area contributed by atoms with E-state index >= 15 is 0 Å². The molecule has 0 radical (unpaired) electrons. The van der Waals surface area contributed by atoms with E-state index in [1.54, 1.807) is 38.3 Å². The fourth-order valence-corrected chi connectivity index (χ4v) is 4.21. The zero-order valence-electron chi connectivity index (χ0n) is 19.2. The topological polar surface area (TPSA) is 100 Å². The number of aryl methyl sites for hydroxylation is 2. The molecule has 0 amide bonds. The molecule has 4 rings (SSSR count). The highest BCUT2D eigenvalue weighted by Crippen LogP contribution is 2.35. The van der Waals surface area contributed by atoms with Crippen molar-refractivity contribution in [3.05, 3.63) is 102 Å². The van der Waals surface area contributed by atoms with E-state index in [2.05, 4.69) is 27.6 Å². The number of esters is 1. The lowest BCUT2D eigenvalue weighted by Crippen LogP contribution is -2.06. The van der Waals surface area contributed by atoms with Crippen LogP contribution in [0, 0.1) is 27.5 Å². The van der Waals surface area contributed by atoms with Gasteiger partial charge in [-0.05, 0) is 71.8 Å². The lowest BCUT2D eigenvalue weighted by Gasteiger charge is -2.14. The van der Waals surface area contributed by atoms with E-state index in [4.69, 9.17) is 14.2 Å². The first-order chi connectivity index (χ1) is 16.7. The minimum Gasteiger partial charge on any atom is -0.493 e. The molecule has 0 saturated heterocycles. The quantitative estimate of drug-likeness (QED) is 0.115. The van der Waals surface area contributed by atoms with Crippen molar-refractivity contribution in [2.24, 2.45) is 4.99 Å². The molecule has 0 aromatic heterocycles. The first-order valence-corrected chi connectivity index (χ1v) is 11.7. The number of hydrogen-bond acceptors (Lipinski definition) is 7. The molecule has 0 saturated carbocycles. The van der Waals surface area contributed by atoms with Crippen LogP contribution in [0.25, 0.3) is 6.08 Å². The minimum atomic E-state index is -0.642. The van der Waals surface area contributed by atoms with Crippen molar-refractivity contribution < 1.29 is 23.9 Å². The maximum Gasteiger partial charge on any atom is 0.363 e. The highest BCUT2D eigenvalue weighted by molar-refractivity contribution is 14.1. The second-order valence-electron chi connectivity index (χ2n) is 7.90. The van der Waals surface area contributed by atoms with Crippen LogP contribution in [0.5, 0.6) is 11.5 Å². The second-order valence-corrected chi connectivity index (χ2v) is 9.07. The Morgan fingerprint density at radius 2 is 1.86 bits per heavy atom. The van der Waals surface area contributed by atoms with Crippen LogP contribution in [0.2, 0.25) is 0 Å². The summed E-state index contributed by atoms with van der Waals surface area (Å²) in [5.74, 6) is 0.488. The van der Waals surface area contributed by atoms with E-state index in [9.17, 15) is 14.9 Å².